The lowest BCUT2D eigenvalue weighted by atomic mass is 10.0. The molecule has 0 bridgehead atoms. The van der Waals surface area contributed by atoms with E-state index in [-0.39, 0.29) is 6.42 Å². The van der Waals surface area contributed by atoms with Crippen molar-refractivity contribution in [3.63, 3.8) is 0 Å². The molecule has 0 saturated heterocycles. The second kappa shape index (κ2) is 6.52. The summed E-state index contributed by atoms with van der Waals surface area (Å²) in [5, 5.41) is 9.40. The lowest BCUT2D eigenvalue weighted by molar-refractivity contribution is -0.139. The lowest BCUT2D eigenvalue weighted by Gasteiger charge is -2.25. The van der Waals surface area contributed by atoms with E-state index in [2.05, 4.69) is 0 Å². The number of anilines is 1. The Bertz CT molecular complexity index is 569. The molecule has 0 aromatic heterocycles. The molecule has 1 amide bonds. The van der Waals surface area contributed by atoms with E-state index in [9.17, 15) is 14.7 Å². The van der Waals surface area contributed by atoms with Crippen LogP contribution >= 0.6 is 0 Å². The van der Waals surface area contributed by atoms with Crippen LogP contribution in [-0.4, -0.2) is 23.5 Å². The molecule has 2 rings (SSSR count). The van der Waals surface area contributed by atoms with Gasteiger partial charge in [-0.15, -0.1) is 0 Å². The topological polar surface area (TPSA) is 57.6 Å². The average Bonchev–Trinajstić information content (AvgIpc) is 2.49. The molecule has 0 aliphatic carbocycles. The molecule has 0 fully saturated rings. The van der Waals surface area contributed by atoms with Gasteiger partial charge in [0, 0.05) is 12.1 Å². The van der Waals surface area contributed by atoms with Crippen LogP contribution in [0.2, 0.25) is 0 Å². The van der Waals surface area contributed by atoms with Gasteiger partial charge < -0.3 is 10.0 Å². The van der Waals surface area contributed by atoms with Gasteiger partial charge in [-0.1, -0.05) is 48.5 Å². The Morgan fingerprint density at radius 3 is 2.10 bits per heavy atom. The normalized spacial score (nSPS) is 11.6. The van der Waals surface area contributed by atoms with Gasteiger partial charge in [-0.05, 0) is 17.7 Å². The number of carboxylic acids is 1. The zero-order valence-corrected chi connectivity index (χ0v) is 10.8. The molecule has 0 heterocycles. The van der Waals surface area contributed by atoms with E-state index in [1.165, 1.54) is 4.90 Å². The number of nitrogens with zero attached hydrogens (tertiary/aromatic N) is 1. The third kappa shape index (κ3) is 3.23. The molecular formula is C16H15NO3. The van der Waals surface area contributed by atoms with E-state index in [1.807, 2.05) is 36.4 Å². The Balaban J connectivity index is 2.27. The van der Waals surface area contributed by atoms with Crippen LogP contribution in [0.5, 0.6) is 0 Å². The third-order valence-corrected chi connectivity index (χ3v) is 3.06. The predicted octanol–water partition coefficient (Wildman–Crippen LogP) is 2.35. The van der Waals surface area contributed by atoms with E-state index < -0.39 is 12.0 Å². The fourth-order valence-electron chi connectivity index (χ4n) is 2.06. The van der Waals surface area contributed by atoms with Crippen molar-refractivity contribution in [3.05, 3.63) is 66.2 Å². The molecule has 2 aromatic rings. The number of benzene rings is 2. The number of para-hydroxylation sites is 1. The maximum absolute atomic E-state index is 11.5. The van der Waals surface area contributed by atoms with Crippen LogP contribution in [0.25, 0.3) is 0 Å². The van der Waals surface area contributed by atoms with Crippen molar-refractivity contribution in [3.8, 4) is 0 Å². The van der Waals surface area contributed by atoms with E-state index in [0.29, 0.717) is 12.1 Å². The van der Waals surface area contributed by atoms with Gasteiger partial charge >= 0.3 is 5.97 Å². The molecule has 4 nitrogen and oxygen atoms in total. The molecule has 0 radical (unpaired) electrons. The van der Waals surface area contributed by atoms with Gasteiger partial charge in [-0.25, -0.2) is 4.79 Å². The lowest BCUT2D eigenvalue weighted by Crippen LogP contribution is -2.42. The number of carbonyl (C=O) groups excluding carboxylic acids is 1. The molecule has 4 heteroatoms. The summed E-state index contributed by atoms with van der Waals surface area (Å²) in [6, 6.07) is 17.1. The molecular weight excluding hydrogens is 254 g/mol. The Hall–Kier alpha value is -2.62. The summed E-state index contributed by atoms with van der Waals surface area (Å²) in [6.07, 6.45) is 0.834. The van der Waals surface area contributed by atoms with E-state index in [0.717, 1.165) is 5.56 Å². The first-order chi connectivity index (χ1) is 9.72. The van der Waals surface area contributed by atoms with Gasteiger partial charge in [-0.3, -0.25) is 4.79 Å². The average molecular weight is 269 g/mol. The number of hydrogen-bond donors (Lipinski definition) is 1. The van der Waals surface area contributed by atoms with Gasteiger partial charge in [0.15, 0.2) is 0 Å². The largest absolute Gasteiger partial charge is 0.480 e. The third-order valence-electron chi connectivity index (χ3n) is 3.06. The number of carbonyl (C=O) groups is 2. The Morgan fingerprint density at radius 2 is 1.60 bits per heavy atom. The van der Waals surface area contributed by atoms with Crippen LogP contribution in [0.1, 0.15) is 5.56 Å². The predicted molar refractivity (Wildman–Crippen MR) is 76.6 cm³/mol. The zero-order chi connectivity index (χ0) is 14.4. The van der Waals surface area contributed by atoms with Crippen LogP contribution in [0.3, 0.4) is 0 Å². The summed E-state index contributed by atoms with van der Waals surface area (Å²) in [5.74, 6) is -1.02. The first-order valence-electron chi connectivity index (χ1n) is 6.28. The molecule has 2 aromatic carbocycles. The van der Waals surface area contributed by atoms with Crippen LogP contribution in [0.15, 0.2) is 60.7 Å². The summed E-state index contributed by atoms with van der Waals surface area (Å²) < 4.78 is 0. The highest BCUT2D eigenvalue weighted by Crippen LogP contribution is 2.17. The van der Waals surface area contributed by atoms with Crippen molar-refractivity contribution in [1.29, 1.82) is 0 Å². The van der Waals surface area contributed by atoms with Crippen LogP contribution < -0.4 is 4.90 Å². The number of amides is 1. The van der Waals surface area contributed by atoms with Crippen molar-refractivity contribution in [2.24, 2.45) is 0 Å². The minimum Gasteiger partial charge on any atom is -0.480 e. The van der Waals surface area contributed by atoms with Crippen molar-refractivity contribution < 1.29 is 14.7 Å². The van der Waals surface area contributed by atoms with Crippen molar-refractivity contribution in [2.75, 3.05) is 4.90 Å². The van der Waals surface area contributed by atoms with Crippen molar-refractivity contribution in [1.82, 2.24) is 0 Å². The zero-order valence-electron chi connectivity index (χ0n) is 10.8. The number of carboxylic acid groups (broad SMARTS) is 1. The molecule has 1 atom stereocenters. The molecule has 20 heavy (non-hydrogen) atoms. The van der Waals surface area contributed by atoms with Gasteiger partial charge in [0.2, 0.25) is 6.41 Å². The molecule has 0 aliphatic rings. The first kappa shape index (κ1) is 13.8. The summed E-state index contributed by atoms with van der Waals surface area (Å²) in [4.78, 5) is 24.0. The number of hydrogen-bond acceptors (Lipinski definition) is 2. The highest BCUT2D eigenvalue weighted by molar-refractivity contribution is 5.88. The fraction of sp³-hybridized carbons (Fsp3) is 0.125. The number of rotatable bonds is 6. The van der Waals surface area contributed by atoms with Gasteiger partial charge in [-0.2, -0.15) is 0 Å². The molecule has 1 N–H and O–H groups in total. The van der Waals surface area contributed by atoms with Crippen LogP contribution in [0, 0.1) is 0 Å². The monoisotopic (exact) mass is 269 g/mol. The van der Waals surface area contributed by atoms with E-state index in [1.54, 1.807) is 24.3 Å². The Morgan fingerprint density at radius 1 is 1.05 bits per heavy atom. The highest BCUT2D eigenvalue weighted by Gasteiger charge is 2.25. The summed E-state index contributed by atoms with van der Waals surface area (Å²) in [6.45, 7) is 0. The number of aliphatic carboxylic acids is 1. The van der Waals surface area contributed by atoms with E-state index >= 15 is 0 Å². The quantitative estimate of drug-likeness (QED) is 0.819. The van der Waals surface area contributed by atoms with Gasteiger partial charge in [0.25, 0.3) is 0 Å². The Labute approximate surface area is 117 Å². The van der Waals surface area contributed by atoms with Gasteiger partial charge in [0.1, 0.15) is 6.04 Å². The molecule has 0 spiro atoms. The first-order valence-corrected chi connectivity index (χ1v) is 6.28. The van der Waals surface area contributed by atoms with E-state index in [4.69, 9.17) is 0 Å². The second-order valence-electron chi connectivity index (χ2n) is 4.39. The molecule has 0 aliphatic heterocycles. The molecule has 0 saturated carbocycles. The maximum Gasteiger partial charge on any atom is 0.327 e. The van der Waals surface area contributed by atoms with Crippen LogP contribution in [-0.2, 0) is 16.0 Å². The standard InChI is InChI=1S/C16H15NO3/c18-12-17(14-9-5-2-6-10-14)15(16(19)20)11-13-7-3-1-4-8-13/h1-10,12,15H,11H2,(H,19,20). The smallest absolute Gasteiger partial charge is 0.327 e. The minimum atomic E-state index is -1.02. The summed E-state index contributed by atoms with van der Waals surface area (Å²) in [5.41, 5.74) is 1.45. The SMILES string of the molecule is O=CN(c1ccccc1)C(Cc1ccccc1)C(=O)O. The van der Waals surface area contributed by atoms with Crippen molar-refractivity contribution >= 4 is 18.1 Å². The Kier molecular flexibility index (Phi) is 4.50. The summed E-state index contributed by atoms with van der Waals surface area (Å²) in [7, 11) is 0. The fourth-order valence-corrected chi connectivity index (χ4v) is 2.06. The summed E-state index contributed by atoms with van der Waals surface area (Å²) >= 11 is 0. The van der Waals surface area contributed by atoms with Crippen LogP contribution in [0.4, 0.5) is 5.69 Å². The molecule has 102 valence electrons. The minimum absolute atomic E-state index is 0.268. The van der Waals surface area contributed by atoms with Gasteiger partial charge in [0.05, 0.1) is 0 Å². The van der Waals surface area contributed by atoms with Crippen molar-refractivity contribution in [2.45, 2.75) is 12.5 Å². The molecule has 1 unspecified atom stereocenters. The second-order valence-corrected chi connectivity index (χ2v) is 4.39. The highest BCUT2D eigenvalue weighted by atomic mass is 16.4. The maximum atomic E-state index is 11.5.